The molecule has 2 rings (SSSR count). The smallest absolute Gasteiger partial charge is 0.315 e. The monoisotopic (exact) mass is 379 g/mol. The van der Waals surface area contributed by atoms with E-state index in [2.05, 4.69) is 16.0 Å². The molecule has 0 aromatic heterocycles. The molecule has 144 valence electrons. The fraction of sp³-hybridized carbons (Fsp3) is 0.263. The van der Waals surface area contributed by atoms with E-state index in [1.54, 1.807) is 0 Å². The highest BCUT2D eigenvalue weighted by Gasteiger charge is 2.21. The summed E-state index contributed by atoms with van der Waals surface area (Å²) in [7, 11) is 0. The third kappa shape index (κ3) is 6.32. The van der Waals surface area contributed by atoms with Crippen LogP contribution < -0.4 is 16.0 Å². The Labute approximate surface area is 155 Å². The van der Waals surface area contributed by atoms with Gasteiger partial charge in [0.25, 0.3) is 0 Å². The Bertz CT molecular complexity index is 797. The average Bonchev–Trinajstić information content (AvgIpc) is 2.63. The van der Waals surface area contributed by atoms with Crippen LogP contribution in [0.3, 0.4) is 0 Å². The van der Waals surface area contributed by atoms with Crippen LogP contribution in [0.25, 0.3) is 0 Å². The van der Waals surface area contributed by atoms with Crippen LogP contribution >= 0.6 is 0 Å². The maximum absolute atomic E-state index is 13.7. The summed E-state index contributed by atoms with van der Waals surface area (Å²) in [5, 5.41) is 7.43. The molecule has 2 aromatic rings. The van der Waals surface area contributed by atoms with Gasteiger partial charge in [0, 0.05) is 12.6 Å². The summed E-state index contributed by atoms with van der Waals surface area (Å²) >= 11 is 0. The van der Waals surface area contributed by atoms with E-state index in [-0.39, 0.29) is 18.0 Å². The molecular weight excluding hydrogens is 359 g/mol. The van der Waals surface area contributed by atoms with Crippen molar-refractivity contribution in [1.82, 2.24) is 10.6 Å². The van der Waals surface area contributed by atoms with Crippen molar-refractivity contribution in [2.45, 2.75) is 32.4 Å². The normalized spacial score (nSPS) is 11.6. The summed E-state index contributed by atoms with van der Waals surface area (Å²) in [6.45, 7) is 1.98. The molecule has 8 heteroatoms. The highest BCUT2D eigenvalue weighted by atomic mass is 19.1. The first-order valence-electron chi connectivity index (χ1n) is 8.43. The third-order valence-corrected chi connectivity index (χ3v) is 3.75. The molecule has 3 N–H and O–H groups in total. The lowest BCUT2D eigenvalue weighted by atomic mass is 10.1. The number of hydrogen-bond donors (Lipinski definition) is 3. The summed E-state index contributed by atoms with van der Waals surface area (Å²) in [4.78, 5) is 24.4. The second kappa shape index (κ2) is 9.61. The fourth-order valence-corrected chi connectivity index (χ4v) is 2.36. The molecule has 2 aromatic carbocycles. The summed E-state index contributed by atoms with van der Waals surface area (Å²) in [6, 6.07) is 6.93. The molecular formula is C19H20F3N3O2. The maximum Gasteiger partial charge on any atom is 0.315 e. The Balaban J connectivity index is 1.93. The first-order chi connectivity index (χ1) is 12.9. The number of hydrogen-bond acceptors (Lipinski definition) is 2. The molecule has 0 fully saturated rings. The van der Waals surface area contributed by atoms with E-state index in [1.165, 1.54) is 24.3 Å². The minimum Gasteiger partial charge on any atom is -0.334 e. The molecule has 0 saturated heterocycles. The lowest BCUT2D eigenvalue weighted by Gasteiger charge is -2.18. The van der Waals surface area contributed by atoms with E-state index in [4.69, 9.17) is 0 Å². The zero-order chi connectivity index (χ0) is 19.8. The van der Waals surface area contributed by atoms with Gasteiger partial charge >= 0.3 is 6.03 Å². The zero-order valence-electron chi connectivity index (χ0n) is 14.7. The topological polar surface area (TPSA) is 70.2 Å². The van der Waals surface area contributed by atoms with Crippen molar-refractivity contribution in [3.05, 3.63) is 65.5 Å². The van der Waals surface area contributed by atoms with Crippen molar-refractivity contribution in [1.29, 1.82) is 0 Å². The van der Waals surface area contributed by atoms with Crippen LogP contribution in [0, 0.1) is 17.5 Å². The van der Waals surface area contributed by atoms with Crippen molar-refractivity contribution in [3.8, 4) is 0 Å². The van der Waals surface area contributed by atoms with Crippen LogP contribution in [0.5, 0.6) is 0 Å². The van der Waals surface area contributed by atoms with Crippen LogP contribution in [0.4, 0.5) is 23.7 Å². The third-order valence-electron chi connectivity index (χ3n) is 3.75. The van der Waals surface area contributed by atoms with Crippen molar-refractivity contribution < 1.29 is 22.8 Å². The van der Waals surface area contributed by atoms with Gasteiger partial charge in [-0.05, 0) is 36.2 Å². The molecule has 0 unspecified atom stereocenters. The standard InChI is InChI=1S/C19H20F3N3O2/c1-2-3-17(18(26)24-16-9-8-14(21)10-15(16)22)25-19(27)23-11-12-4-6-13(20)7-5-12/h4-10,17H,2-3,11H2,1H3,(H,24,26)(H2,23,25,27)/t17-/m0/s1. The summed E-state index contributed by atoms with van der Waals surface area (Å²) in [6.07, 6.45) is 0.931. The molecule has 27 heavy (non-hydrogen) atoms. The number of carbonyl (C=O) groups excluding carboxylic acids is 2. The Hall–Kier alpha value is -3.03. The van der Waals surface area contributed by atoms with Gasteiger partial charge in [0.1, 0.15) is 23.5 Å². The van der Waals surface area contributed by atoms with Gasteiger partial charge in [0.05, 0.1) is 5.69 Å². The molecule has 0 bridgehead atoms. The van der Waals surface area contributed by atoms with Gasteiger partial charge in [-0.1, -0.05) is 25.5 Å². The van der Waals surface area contributed by atoms with Crippen LogP contribution in [0.2, 0.25) is 0 Å². The zero-order valence-corrected chi connectivity index (χ0v) is 14.7. The first kappa shape index (κ1) is 20.3. The number of rotatable bonds is 7. The molecule has 0 aliphatic carbocycles. The number of urea groups is 1. The van der Waals surface area contributed by atoms with Crippen LogP contribution in [0.15, 0.2) is 42.5 Å². The highest BCUT2D eigenvalue weighted by Crippen LogP contribution is 2.15. The summed E-state index contributed by atoms with van der Waals surface area (Å²) in [5.41, 5.74) is 0.521. The Morgan fingerprint density at radius 1 is 1.00 bits per heavy atom. The molecule has 0 spiro atoms. The Morgan fingerprint density at radius 2 is 1.67 bits per heavy atom. The molecule has 3 amide bonds. The Morgan fingerprint density at radius 3 is 2.30 bits per heavy atom. The number of anilines is 1. The van der Waals surface area contributed by atoms with Gasteiger partial charge in [0.2, 0.25) is 5.91 Å². The van der Waals surface area contributed by atoms with Crippen LogP contribution in [-0.4, -0.2) is 18.0 Å². The molecule has 1 atom stereocenters. The van der Waals surface area contributed by atoms with Crippen molar-refractivity contribution in [2.75, 3.05) is 5.32 Å². The van der Waals surface area contributed by atoms with E-state index >= 15 is 0 Å². The van der Waals surface area contributed by atoms with Gasteiger partial charge in [0.15, 0.2) is 0 Å². The quantitative estimate of drug-likeness (QED) is 0.686. The van der Waals surface area contributed by atoms with Gasteiger partial charge in [-0.2, -0.15) is 0 Å². The minimum atomic E-state index is -0.903. The molecule has 0 heterocycles. The molecule has 5 nitrogen and oxygen atoms in total. The predicted octanol–water partition coefficient (Wildman–Crippen LogP) is 3.71. The van der Waals surface area contributed by atoms with E-state index in [0.717, 1.165) is 12.1 Å². The largest absolute Gasteiger partial charge is 0.334 e. The maximum atomic E-state index is 13.7. The van der Waals surface area contributed by atoms with Gasteiger partial charge in [-0.15, -0.1) is 0 Å². The molecule has 0 aliphatic rings. The van der Waals surface area contributed by atoms with Crippen LogP contribution in [-0.2, 0) is 11.3 Å². The van der Waals surface area contributed by atoms with Gasteiger partial charge in [-0.3, -0.25) is 4.79 Å². The van der Waals surface area contributed by atoms with Crippen molar-refractivity contribution >= 4 is 17.6 Å². The number of carbonyl (C=O) groups is 2. The van der Waals surface area contributed by atoms with E-state index < -0.39 is 29.6 Å². The molecule has 0 aliphatic heterocycles. The predicted molar refractivity (Wildman–Crippen MR) is 95.5 cm³/mol. The lowest BCUT2D eigenvalue weighted by molar-refractivity contribution is -0.118. The second-order valence-corrected chi connectivity index (χ2v) is 5.91. The summed E-state index contributed by atoms with van der Waals surface area (Å²) < 4.78 is 39.5. The fourth-order valence-electron chi connectivity index (χ4n) is 2.36. The second-order valence-electron chi connectivity index (χ2n) is 5.91. The van der Waals surface area contributed by atoms with Crippen molar-refractivity contribution in [2.24, 2.45) is 0 Å². The first-order valence-corrected chi connectivity index (χ1v) is 8.43. The molecule has 0 radical (unpaired) electrons. The van der Waals surface area contributed by atoms with Gasteiger partial charge < -0.3 is 16.0 Å². The van der Waals surface area contributed by atoms with Gasteiger partial charge in [-0.25, -0.2) is 18.0 Å². The average molecular weight is 379 g/mol. The lowest BCUT2D eigenvalue weighted by Crippen LogP contribution is -2.47. The van der Waals surface area contributed by atoms with Crippen LogP contribution in [0.1, 0.15) is 25.3 Å². The Kier molecular flexibility index (Phi) is 7.22. The summed E-state index contributed by atoms with van der Waals surface area (Å²) in [5.74, 6) is -2.65. The van der Waals surface area contributed by atoms with E-state index in [9.17, 15) is 22.8 Å². The van der Waals surface area contributed by atoms with E-state index in [1.807, 2.05) is 6.92 Å². The van der Waals surface area contributed by atoms with E-state index in [0.29, 0.717) is 24.5 Å². The number of nitrogens with one attached hydrogen (secondary N) is 3. The number of benzene rings is 2. The minimum absolute atomic E-state index is 0.152. The number of amides is 3. The number of halogens is 3. The van der Waals surface area contributed by atoms with Crippen molar-refractivity contribution in [3.63, 3.8) is 0 Å². The molecule has 0 saturated carbocycles. The highest BCUT2D eigenvalue weighted by molar-refractivity contribution is 5.97. The SMILES string of the molecule is CCC[C@H](NC(=O)NCc1ccc(F)cc1)C(=O)Nc1ccc(F)cc1F.